The van der Waals surface area contributed by atoms with Gasteiger partial charge in [0.1, 0.15) is 18.0 Å². The number of rotatable bonds is 5. The Morgan fingerprint density at radius 2 is 1.70 bits per heavy atom. The first kappa shape index (κ1) is 26.4. The Balaban J connectivity index is 1.47. The number of likely N-dealkylation sites (N-methyl/N-ethyl adjacent to an activating group) is 1. The molecule has 2 aliphatic rings. The summed E-state index contributed by atoms with van der Waals surface area (Å²) >= 11 is 6.08. The number of likely N-dealkylation sites (tertiary alicyclic amines) is 2. The van der Waals surface area contributed by atoms with E-state index >= 15 is 0 Å². The Morgan fingerprint density at radius 1 is 1.05 bits per heavy atom. The molecule has 2 aromatic carbocycles. The standard InChI is InChI=1S/C27H28ClFN4O4/c1-31(27(36)37-22-8-6-21(29)7-9-22)24-17-33(16-23(24)18-2-4-20(28)5-3-18)26(35)19-11-14-32(15-12-19)25(34)10-13-30/h2-9,19,23-24H,10-12,14-17H2,1H3. The van der Waals surface area contributed by atoms with E-state index in [9.17, 15) is 18.8 Å². The lowest BCUT2D eigenvalue weighted by Gasteiger charge is -2.33. The first-order valence-corrected chi connectivity index (χ1v) is 12.5. The van der Waals surface area contributed by atoms with Crippen LogP contribution in [-0.4, -0.2) is 71.9 Å². The molecule has 0 saturated carbocycles. The number of carbonyl (C=O) groups is 3. The van der Waals surface area contributed by atoms with Gasteiger partial charge in [-0.15, -0.1) is 0 Å². The molecule has 8 nitrogen and oxygen atoms in total. The minimum atomic E-state index is -0.603. The Hall–Kier alpha value is -3.64. The van der Waals surface area contributed by atoms with Crippen molar-refractivity contribution in [1.82, 2.24) is 14.7 Å². The van der Waals surface area contributed by atoms with Crippen LogP contribution in [0.4, 0.5) is 9.18 Å². The van der Waals surface area contributed by atoms with Crippen molar-refractivity contribution in [3.05, 3.63) is 64.9 Å². The van der Waals surface area contributed by atoms with Gasteiger partial charge in [0.2, 0.25) is 11.8 Å². The minimum absolute atomic E-state index is 0.00542. The van der Waals surface area contributed by atoms with E-state index in [4.69, 9.17) is 21.6 Å². The van der Waals surface area contributed by atoms with E-state index < -0.39 is 11.9 Å². The highest BCUT2D eigenvalue weighted by Crippen LogP contribution is 2.34. The Bertz CT molecular complexity index is 1180. The molecule has 2 unspecified atom stereocenters. The molecule has 10 heteroatoms. The molecule has 0 N–H and O–H groups in total. The van der Waals surface area contributed by atoms with E-state index in [0.717, 1.165) is 5.56 Å². The van der Waals surface area contributed by atoms with Crippen molar-refractivity contribution in [1.29, 1.82) is 5.26 Å². The number of carbonyl (C=O) groups excluding carboxylic acids is 3. The van der Waals surface area contributed by atoms with Crippen molar-refractivity contribution < 1.29 is 23.5 Å². The highest BCUT2D eigenvalue weighted by atomic mass is 35.5. The first-order valence-electron chi connectivity index (χ1n) is 12.2. The summed E-state index contributed by atoms with van der Waals surface area (Å²) in [6, 6.07) is 14.1. The highest BCUT2D eigenvalue weighted by Gasteiger charge is 2.42. The molecular formula is C27H28ClFN4O4. The van der Waals surface area contributed by atoms with Crippen molar-refractivity contribution in [3.8, 4) is 11.8 Å². The Morgan fingerprint density at radius 3 is 2.32 bits per heavy atom. The predicted octanol–water partition coefficient (Wildman–Crippen LogP) is 4.06. The molecule has 0 radical (unpaired) electrons. The number of piperidine rings is 1. The molecule has 2 atom stereocenters. The summed E-state index contributed by atoms with van der Waals surface area (Å²) in [5.74, 6) is -0.810. The third kappa shape index (κ3) is 6.20. The molecule has 2 saturated heterocycles. The smallest absolute Gasteiger partial charge is 0.410 e. The second-order valence-electron chi connectivity index (χ2n) is 9.39. The van der Waals surface area contributed by atoms with Crippen molar-refractivity contribution in [2.24, 2.45) is 5.92 Å². The zero-order valence-corrected chi connectivity index (χ0v) is 21.2. The third-order valence-electron chi connectivity index (χ3n) is 7.13. The second kappa shape index (κ2) is 11.6. The molecule has 0 aromatic heterocycles. The lowest BCUT2D eigenvalue weighted by atomic mass is 9.93. The van der Waals surface area contributed by atoms with Gasteiger partial charge in [-0.25, -0.2) is 9.18 Å². The number of ether oxygens (including phenoxy) is 1. The number of amides is 3. The number of benzene rings is 2. The minimum Gasteiger partial charge on any atom is -0.410 e. The molecule has 2 aliphatic heterocycles. The molecule has 0 aliphatic carbocycles. The average molecular weight is 527 g/mol. The normalized spacial score (nSPS) is 19.8. The molecule has 37 heavy (non-hydrogen) atoms. The summed E-state index contributed by atoms with van der Waals surface area (Å²) in [5.41, 5.74) is 0.947. The van der Waals surface area contributed by atoms with Gasteiger partial charge in [-0.2, -0.15) is 5.26 Å². The van der Waals surface area contributed by atoms with Crippen molar-refractivity contribution >= 4 is 29.5 Å². The quantitative estimate of drug-likeness (QED) is 0.585. The molecule has 194 valence electrons. The van der Waals surface area contributed by atoms with Crippen molar-refractivity contribution in [3.63, 3.8) is 0 Å². The third-order valence-corrected chi connectivity index (χ3v) is 7.38. The monoisotopic (exact) mass is 526 g/mol. The van der Waals surface area contributed by atoms with Crippen LogP contribution in [0, 0.1) is 23.1 Å². The van der Waals surface area contributed by atoms with Crippen LogP contribution in [0.2, 0.25) is 5.02 Å². The molecule has 2 heterocycles. The summed E-state index contributed by atoms with van der Waals surface area (Å²) in [4.78, 5) is 43.4. The predicted molar refractivity (Wildman–Crippen MR) is 134 cm³/mol. The maximum absolute atomic E-state index is 13.5. The zero-order valence-electron chi connectivity index (χ0n) is 20.5. The fourth-order valence-corrected chi connectivity index (χ4v) is 5.15. The molecule has 2 aromatic rings. The van der Waals surface area contributed by atoms with Crippen LogP contribution in [0.1, 0.15) is 30.7 Å². The maximum Gasteiger partial charge on any atom is 0.415 e. The SMILES string of the molecule is CN(C(=O)Oc1ccc(F)cc1)C1CN(C(=O)C2CCN(C(=O)CC#N)CC2)CC1c1ccc(Cl)cc1. The highest BCUT2D eigenvalue weighted by molar-refractivity contribution is 6.30. The summed E-state index contributed by atoms with van der Waals surface area (Å²) in [6.45, 7) is 1.64. The molecule has 0 bridgehead atoms. The maximum atomic E-state index is 13.5. The summed E-state index contributed by atoms with van der Waals surface area (Å²) in [5, 5.41) is 9.36. The van der Waals surface area contributed by atoms with Crippen molar-refractivity contribution in [2.75, 3.05) is 33.2 Å². The number of nitrogens with zero attached hydrogens (tertiary/aromatic N) is 4. The summed E-state index contributed by atoms with van der Waals surface area (Å²) < 4.78 is 18.7. The number of hydrogen-bond donors (Lipinski definition) is 0. The van der Waals surface area contributed by atoms with Gasteiger partial charge in [0, 0.05) is 50.1 Å². The van der Waals surface area contributed by atoms with Gasteiger partial charge in [-0.1, -0.05) is 23.7 Å². The zero-order chi connectivity index (χ0) is 26.5. The van der Waals surface area contributed by atoms with Gasteiger partial charge in [0.25, 0.3) is 0 Å². The van der Waals surface area contributed by atoms with E-state index in [1.54, 1.807) is 29.0 Å². The van der Waals surface area contributed by atoms with E-state index in [1.165, 1.54) is 29.2 Å². The van der Waals surface area contributed by atoms with Crippen LogP contribution in [-0.2, 0) is 9.59 Å². The van der Waals surface area contributed by atoms with Crippen LogP contribution in [0.15, 0.2) is 48.5 Å². The van der Waals surface area contributed by atoms with E-state index in [0.29, 0.717) is 44.0 Å². The topological polar surface area (TPSA) is 93.9 Å². The summed E-state index contributed by atoms with van der Waals surface area (Å²) in [6.07, 6.45) is 0.306. The van der Waals surface area contributed by atoms with Crippen LogP contribution in [0.25, 0.3) is 0 Å². The van der Waals surface area contributed by atoms with Gasteiger partial charge in [0.15, 0.2) is 0 Å². The average Bonchev–Trinajstić information content (AvgIpc) is 3.35. The van der Waals surface area contributed by atoms with E-state index in [1.807, 2.05) is 18.2 Å². The van der Waals surface area contributed by atoms with Crippen LogP contribution in [0.5, 0.6) is 5.75 Å². The van der Waals surface area contributed by atoms with Crippen LogP contribution in [0.3, 0.4) is 0 Å². The van der Waals surface area contributed by atoms with E-state index in [-0.39, 0.29) is 41.9 Å². The van der Waals surface area contributed by atoms with Gasteiger partial charge in [0.05, 0.1) is 12.1 Å². The van der Waals surface area contributed by atoms with Gasteiger partial charge in [-0.3, -0.25) is 9.59 Å². The van der Waals surface area contributed by atoms with E-state index in [2.05, 4.69) is 0 Å². The van der Waals surface area contributed by atoms with Crippen LogP contribution < -0.4 is 4.74 Å². The number of nitriles is 1. The summed E-state index contributed by atoms with van der Waals surface area (Å²) in [7, 11) is 1.63. The van der Waals surface area contributed by atoms with Gasteiger partial charge in [-0.05, 0) is 54.8 Å². The van der Waals surface area contributed by atoms with Crippen molar-refractivity contribution in [2.45, 2.75) is 31.2 Å². The largest absolute Gasteiger partial charge is 0.415 e. The molecule has 4 rings (SSSR count). The molecular weight excluding hydrogens is 499 g/mol. The lowest BCUT2D eigenvalue weighted by molar-refractivity contribution is -0.139. The first-order chi connectivity index (χ1) is 17.8. The molecule has 2 fully saturated rings. The second-order valence-corrected chi connectivity index (χ2v) is 9.83. The van der Waals surface area contributed by atoms with Gasteiger partial charge < -0.3 is 19.4 Å². The number of hydrogen-bond acceptors (Lipinski definition) is 5. The molecule has 0 spiro atoms. The fourth-order valence-electron chi connectivity index (χ4n) is 5.02. The lowest BCUT2D eigenvalue weighted by Crippen LogP contribution is -2.45. The Kier molecular flexibility index (Phi) is 8.29. The number of halogens is 2. The Labute approximate surface area is 220 Å². The fraction of sp³-hybridized carbons (Fsp3) is 0.407. The molecule has 3 amide bonds. The van der Waals surface area contributed by atoms with Gasteiger partial charge >= 0.3 is 6.09 Å². The van der Waals surface area contributed by atoms with Crippen LogP contribution >= 0.6 is 11.6 Å².